The molecule has 1 aliphatic heterocycles. The second-order valence-corrected chi connectivity index (χ2v) is 10.1. The number of benzene rings is 2. The van der Waals surface area contributed by atoms with Crippen molar-refractivity contribution in [2.75, 3.05) is 40.8 Å². The predicted molar refractivity (Wildman–Crippen MR) is 154 cm³/mol. The Morgan fingerprint density at radius 2 is 1.43 bits per heavy atom. The van der Waals surface area contributed by atoms with Crippen LogP contribution in [0.1, 0.15) is 30.4 Å². The van der Waals surface area contributed by atoms with Crippen molar-refractivity contribution in [3.63, 3.8) is 0 Å². The molecule has 3 atom stereocenters. The molecule has 0 unspecified atom stereocenters. The van der Waals surface area contributed by atoms with Crippen LogP contribution in [0, 0.1) is 0 Å². The third-order valence-electron chi connectivity index (χ3n) is 7.09. The van der Waals surface area contributed by atoms with Gasteiger partial charge in [-0.1, -0.05) is 12.1 Å². The molecule has 1 heterocycles. The van der Waals surface area contributed by atoms with Gasteiger partial charge in [-0.05, 0) is 100 Å². The van der Waals surface area contributed by atoms with E-state index in [1.807, 2.05) is 20.2 Å². The minimum Gasteiger partial charge on any atom is -0.508 e. The number of aromatic hydroxyl groups is 2. The molecule has 4 bridgehead atoms. The normalized spacial score (nSPS) is 19.6. The molecule has 2 aromatic rings. The molecular weight excluding hydrogens is 512 g/mol. The van der Waals surface area contributed by atoms with Crippen molar-refractivity contribution in [3.05, 3.63) is 47.5 Å². The summed E-state index contributed by atoms with van der Waals surface area (Å²) in [6, 6.07) is 7.64. The molecule has 0 aliphatic carbocycles. The van der Waals surface area contributed by atoms with Crippen LogP contribution in [-0.2, 0) is 27.2 Å². The number of rotatable bonds is 10. The van der Waals surface area contributed by atoms with Gasteiger partial charge in [-0.2, -0.15) is 0 Å². The maximum absolute atomic E-state index is 13.5. The maximum atomic E-state index is 13.5. The number of nitrogens with one attached hydrogen (secondary N) is 6. The van der Waals surface area contributed by atoms with Gasteiger partial charge >= 0.3 is 0 Å². The summed E-state index contributed by atoms with van der Waals surface area (Å²) in [4.78, 5) is 40.1. The third kappa shape index (κ3) is 8.41. The highest BCUT2D eigenvalue weighted by molar-refractivity contribution is 5.93. The Balaban J connectivity index is 2.04. The molecule has 0 fully saturated rings. The Morgan fingerprint density at radius 1 is 0.825 bits per heavy atom. The van der Waals surface area contributed by atoms with Crippen molar-refractivity contribution in [3.8, 4) is 22.6 Å². The molecule has 0 saturated heterocycles. The van der Waals surface area contributed by atoms with Crippen molar-refractivity contribution in [1.82, 2.24) is 31.9 Å². The number of likely N-dealkylation sites (N-methyl/N-ethyl adjacent to an activating group) is 1. The lowest BCUT2D eigenvalue weighted by atomic mass is 9.95. The number of phenolic OH excluding ortho intramolecular Hbond substituents is 2. The van der Waals surface area contributed by atoms with Gasteiger partial charge in [-0.25, -0.2) is 0 Å². The first-order chi connectivity index (χ1) is 19.3. The van der Waals surface area contributed by atoms with E-state index in [4.69, 9.17) is 0 Å². The fourth-order valence-corrected chi connectivity index (χ4v) is 4.73. The Labute approximate surface area is 235 Å². The van der Waals surface area contributed by atoms with E-state index < -0.39 is 29.9 Å². The van der Waals surface area contributed by atoms with Gasteiger partial charge < -0.3 is 42.1 Å². The lowest BCUT2D eigenvalue weighted by molar-refractivity contribution is -0.132. The van der Waals surface area contributed by atoms with Gasteiger partial charge in [-0.3, -0.25) is 14.4 Å². The number of carbonyl (C=O) groups excluding carboxylic acids is 3. The fourth-order valence-electron chi connectivity index (χ4n) is 4.73. The first-order valence-electron chi connectivity index (χ1n) is 13.8. The number of fused-ring (bicyclic) bond motifs is 5. The van der Waals surface area contributed by atoms with Gasteiger partial charge in [0.05, 0.1) is 6.04 Å². The van der Waals surface area contributed by atoms with E-state index in [0.29, 0.717) is 43.5 Å². The van der Waals surface area contributed by atoms with E-state index in [-0.39, 0.29) is 30.2 Å². The molecule has 3 rings (SSSR count). The molecule has 2 aromatic carbocycles. The van der Waals surface area contributed by atoms with Gasteiger partial charge in [0.1, 0.15) is 23.6 Å². The molecule has 11 nitrogen and oxygen atoms in total. The van der Waals surface area contributed by atoms with Crippen LogP contribution in [0.15, 0.2) is 36.4 Å². The van der Waals surface area contributed by atoms with E-state index in [1.165, 1.54) is 0 Å². The topological polar surface area (TPSA) is 164 Å². The van der Waals surface area contributed by atoms with Crippen LogP contribution < -0.4 is 31.9 Å². The van der Waals surface area contributed by atoms with Crippen LogP contribution in [-0.4, -0.2) is 86.8 Å². The smallest absolute Gasteiger partial charge is 0.243 e. The fraction of sp³-hybridized carbons (Fsp3) is 0.483. The molecule has 0 saturated carbocycles. The average Bonchev–Trinajstić information content (AvgIpc) is 2.94. The van der Waals surface area contributed by atoms with Crippen LogP contribution in [0.2, 0.25) is 0 Å². The highest BCUT2D eigenvalue weighted by Gasteiger charge is 2.30. The predicted octanol–water partition coefficient (Wildman–Crippen LogP) is 0.146. The lowest BCUT2D eigenvalue weighted by Gasteiger charge is -2.25. The number of hydrogen-bond donors (Lipinski definition) is 8. The molecule has 0 radical (unpaired) electrons. The summed E-state index contributed by atoms with van der Waals surface area (Å²) in [5.41, 5.74) is 2.59. The zero-order valence-corrected chi connectivity index (χ0v) is 23.5. The highest BCUT2D eigenvalue weighted by Crippen LogP contribution is 2.31. The second-order valence-electron chi connectivity index (χ2n) is 10.1. The van der Waals surface area contributed by atoms with Gasteiger partial charge in [0, 0.05) is 19.4 Å². The first-order valence-corrected chi connectivity index (χ1v) is 13.8. The molecule has 11 heteroatoms. The Kier molecular flexibility index (Phi) is 11.7. The van der Waals surface area contributed by atoms with Crippen molar-refractivity contribution < 1.29 is 24.6 Å². The maximum Gasteiger partial charge on any atom is 0.243 e. The quantitative estimate of drug-likeness (QED) is 0.192. The van der Waals surface area contributed by atoms with Crippen LogP contribution in [0.4, 0.5) is 0 Å². The highest BCUT2D eigenvalue weighted by atomic mass is 16.3. The molecular formula is C29H42N6O5. The number of hydrogen-bond acceptors (Lipinski definition) is 8. The minimum absolute atomic E-state index is 0.00317. The van der Waals surface area contributed by atoms with Gasteiger partial charge in [0.25, 0.3) is 0 Å². The summed E-state index contributed by atoms with van der Waals surface area (Å²) >= 11 is 0. The van der Waals surface area contributed by atoms with Gasteiger partial charge in [-0.15, -0.1) is 0 Å². The van der Waals surface area contributed by atoms with E-state index in [0.717, 1.165) is 17.7 Å². The number of amides is 3. The van der Waals surface area contributed by atoms with E-state index >= 15 is 0 Å². The first kappa shape index (κ1) is 30.9. The lowest BCUT2D eigenvalue weighted by Crippen LogP contribution is -2.57. The number of carbonyl (C=O) groups is 3. The second kappa shape index (κ2) is 15.2. The molecule has 40 heavy (non-hydrogen) atoms. The summed E-state index contributed by atoms with van der Waals surface area (Å²) in [6.45, 7) is 1.79. The molecule has 0 aromatic heterocycles. The largest absolute Gasteiger partial charge is 0.508 e. The van der Waals surface area contributed by atoms with Crippen LogP contribution >= 0.6 is 0 Å². The van der Waals surface area contributed by atoms with Gasteiger partial charge in [0.15, 0.2) is 0 Å². The van der Waals surface area contributed by atoms with E-state index in [9.17, 15) is 24.6 Å². The summed E-state index contributed by atoms with van der Waals surface area (Å²) in [7, 11) is 5.29. The Bertz CT molecular complexity index is 1170. The zero-order valence-electron chi connectivity index (χ0n) is 23.5. The molecule has 8 N–H and O–H groups in total. The van der Waals surface area contributed by atoms with Crippen LogP contribution in [0.3, 0.4) is 0 Å². The Hall–Kier alpha value is -3.67. The Morgan fingerprint density at radius 3 is 2.02 bits per heavy atom. The number of phenols is 2. The summed E-state index contributed by atoms with van der Waals surface area (Å²) in [6.07, 6.45) is 1.92. The van der Waals surface area contributed by atoms with Crippen molar-refractivity contribution in [2.45, 2.75) is 50.2 Å². The summed E-state index contributed by atoms with van der Waals surface area (Å²) in [5.74, 6) is -1.19. The average molecular weight is 555 g/mol. The van der Waals surface area contributed by atoms with E-state index in [1.54, 1.807) is 37.4 Å². The third-order valence-corrected chi connectivity index (χ3v) is 7.09. The van der Waals surface area contributed by atoms with Crippen molar-refractivity contribution in [1.29, 1.82) is 0 Å². The summed E-state index contributed by atoms with van der Waals surface area (Å²) in [5, 5.41) is 38.9. The zero-order chi connectivity index (χ0) is 29.1. The van der Waals surface area contributed by atoms with Crippen LogP contribution in [0.25, 0.3) is 11.1 Å². The van der Waals surface area contributed by atoms with Gasteiger partial charge in [0.2, 0.25) is 17.7 Å². The van der Waals surface area contributed by atoms with Crippen LogP contribution in [0.5, 0.6) is 11.5 Å². The minimum atomic E-state index is -0.979. The molecule has 0 spiro atoms. The summed E-state index contributed by atoms with van der Waals surface area (Å²) < 4.78 is 0. The monoisotopic (exact) mass is 554 g/mol. The SMILES string of the molecule is CNCCCNC(=O)[C@@H]1Cc2cc(ccc2O)-c2ccc(O)c(c2)C[C@H](NC)C(=O)N[C@@H](CCCNC)C(=O)N1. The molecule has 3 amide bonds. The van der Waals surface area contributed by atoms with Crippen molar-refractivity contribution >= 4 is 17.7 Å². The van der Waals surface area contributed by atoms with E-state index in [2.05, 4.69) is 31.9 Å². The molecule has 218 valence electrons. The standard InChI is InChI=1S/C29H42N6O5/c1-30-11-4-6-22-28(39)35-24(27(38)33-13-5-12-31-2)17-21-15-19(8-10-26(21)37)18-7-9-25(36)20(14-18)16-23(32-3)29(40)34-22/h7-10,14-15,22-24,30-32,36-37H,4-6,11-13,16-17H2,1-3H3,(H,33,38)(H,34,40)(H,35,39)/t22-,23-,24-/m0/s1. The van der Waals surface area contributed by atoms with Crippen molar-refractivity contribution in [2.24, 2.45) is 0 Å². The molecule has 1 aliphatic rings.